The van der Waals surface area contributed by atoms with E-state index in [1.165, 1.54) is 38.5 Å². The third kappa shape index (κ3) is 8.12. The molecule has 0 unspecified atom stereocenters. The Bertz CT molecular complexity index is 676. The van der Waals surface area contributed by atoms with Crippen LogP contribution in [0.25, 0.3) is 0 Å². The van der Waals surface area contributed by atoms with Crippen LogP contribution in [0.1, 0.15) is 63.5 Å². The predicted molar refractivity (Wildman–Crippen MR) is 118 cm³/mol. The molecule has 0 fully saturated rings. The summed E-state index contributed by atoms with van der Waals surface area (Å²) >= 11 is 6.51. The molecule has 0 aliphatic heterocycles. The van der Waals surface area contributed by atoms with Crippen LogP contribution in [0.3, 0.4) is 0 Å². The van der Waals surface area contributed by atoms with Gasteiger partial charge in [0.25, 0.3) is 0 Å². The molecule has 3 nitrogen and oxygen atoms in total. The molecule has 0 radical (unpaired) electrons. The quantitative estimate of drug-likeness (QED) is 0.353. The van der Waals surface area contributed by atoms with Gasteiger partial charge in [0.1, 0.15) is 6.61 Å². The molecule has 28 heavy (non-hydrogen) atoms. The van der Waals surface area contributed by atoms with Gasteiger partial charge < -0.3 is 14.8 Å². The fourth-order valence-electron chi connectivity index (χ4n) is 3.12. The molecule has 0 atom stereocenters. The van der Waals surface area contributed by atoms with Crippen LogP contribution in [-0.4, -0.2) is 13.2 Å². The number of halogens is 1. The van der Waals surface area contributed by atoms with E-state index in [1.54, 1.807) is 0 Å². The molecule has 0 spiro atoms. The molecule has 0 aromatic heterocycles. The first-order valence-corrected chi connectivity index (χ1v) is 10.9. The molecule has 2 rings (SSSR count). The summed E-state index contributed by atoms with van der Waals surface area (Å²) in [6.45, 7) is 7.08. The van der Waals surface area contributed by atoms with Gasteiger partial charge in [-0.1, -0.05) is 81.0 Å². The van der Waals surface area contributed by atoms with Crippen LogP contribution in [0.4, 0.5) is 0 Å². The second-order valence-electron chi connectivity index (χ2n) is 7.06. The van der Waals surface area contributed by atoms with Crippen LogP contribution in [0.2, 0.25) is 5.02 Å². The van der Waals surface area contributed by atoms with E-state index in [0.717, 1.165) is 24.2 Å². The van der Waals surface area contributed by atoms with Crippen molar-refractivity contribution in [1.82, 2.24) is 5.32 Å². The van der Waals surface area contributed by atoms with Gasteiger partial charge in [-0.25, -0.2) is 0 Å². The van der Waals surface area contributed by atoms with Crippen molar-refractivity contribution < 1.29 is 9.47 Å². The Morgan fingerprint density at radius 1 is 0.857 bits per heavy atom. The lowest BCUT2D eigenvalue weighted by Gasteiger charge is -2.16. The fourth-order valence-corrected chi connectivity index (χ4v) is 3.41. The normalized spacial score (nSPS) is 10.8. The minimum absolute atomic E-state index is 0.469. The average molecular weight is 404 g/mol. The third-order valence-corrected chi connectivity index (χ3v) is 4.91. The van der Waals surface area contributed by atoms with E-state index in [9.17, 15) is 0 Å². The lowest BCUT2D eigenvalue weighted by atomic mass is 10.1. The number of rotatable bonds is 14. The second kappa shape index (κ2) is 13.5. The molecule has 0 amide bonds. The van der Waals surface area contributed by atoms with Gasteiger partial charge in [0.2, 0.25) is 0 Å². The molecule has 0 bridgehead atoms. The van der Waals surface area contributed by atoms with Crippen molar-refractivity contribution in [3.05, 3.63) is 58.6 Å². The summed E-state index contributed by atoms with van der Waals surface area (Å²) in [6, 6.07) is 14.1. The van der Waals surface area contributed by atoms with Crippen molar-refractivity contribution in [2.75, 3.05) is 13.2 Å². The van der Waals surface area contributed by atoms with Gasteiger partial charge in [-0.15, -0.1) is 0 Å². The van der Waals surface area contributed by atoms with E-state index in [0.29, 0.717) is 29.7 Å². The van der Waals surface area contributed by atoms with Gasteiger partial charge in [-0.05, 0) is 43.1 Å². The molecular formula is C24H34ClNO2. The Balaban J connectivity index is 1.86. The summed E-state index contributed by atoms with van der Waals surface area (Å²) < 4.78 is 11.8. The van der Waals surface area contributed by atoms with E-state index in [4.69, 9.17) is 21.1 Å². The Morgan fingerprint density at radius 2 is 1.61 bits per heavy atom. The Labute approximate surface area is 175 Å². The smallest absolute Gasteiger partial charge is 0.180 e. The molecule has 2 aromatic rings. The van der Waals surface area contributed by atoms with Gasteiger partial charge in [0.05, 0.1) is 11.6 Å². The Hall–Kier alpha value is -1.71. The summed E-state index contributed by atoms with van der Waals surface area (Å²) in [7, 11) is 0. The maximum atomic E-state index is 6.51. The summed E-state index contributed by atoms with van der Waals surface area (Å²) in [6.07, 6.45) is 7.85. The maximum absolute atomic E-state index is 6.51. The highest BCUT2D eigenvalue weighted by Gasteiger charge is 2.13. The molecule has 154 valence electrons. The van der Waals surface area contributed by atoms with E-state index in [2.05, 4.69) is 12.2 Å². The summed E-state index contributed by atoms with van der Waals surface area (Å²) in [5.41, 5.74) is 2.22. The molecule has 0 saturated heterocycles. The SMILES string of the molecule is CCCCCCCCNCc1cc(Cl)c(OCc2ccccc2)c(OCC)c1. The monoisotopic (exact) mass is 403 g/mol. The minimum atomic E-state index is 0.469. The standard InChI is InChI=1S/C24H34ClNO2/c1-3-5-6-7-8-12-15-26-18-21-16-22(25)24(23(17-21)27-4-2)28-19-20-13-10-9-11-14-20/h9-11,13-14,16-17,26H,3-8,12,15,18-19H2,1-2H3. The molecule has 0 aliphatic rings. The van der Waals surface area contributed by atoms with Crippen LogP contribution >= 0.6 is 11.6 Å². The van der Waals surface area contributed by atoms with Gasteiger partial charge in [0.15, 0.2) is 11.5 Å². The zero-order valence-electron chi connectivity index (χ0n) is 17.3. The topological polar surface area (TPSA) is 30.5 Å². The number of benzene rings is 2. The van der Waals surface area contributed by atoms with Crippen molar-refractivity contribution in [2.24, 2.45) is 0 Å². The van der Waals surface area contributed by atoms with Crippen LogP contribution in [0.5, 0.6) is 11.5 Å². The van der Waals surface area contributed by atoms with Gasteiger partial charge >= 0.3 is 0 Å². The van der Waals surface area contributed by atoms with Crippen molar-refractivity contribution >= 4 is 11.6 Å². The summed E-state index contributed by atoms with van der Waals surface area (Å²) in [5.74, 6) is 1.33. The molecule has 0 aliphatic carbocycles. The molecule has 1 N–H and O–H groups in total. The van der Waals surface area contributed by atoms with Crippen molar-refractivity contribution in [1.29, 1.82) is 0 Å². The average Bonchev–Trinajstić information content (AvgIpc) is 2.70. The summed E-state index contributed by atoms with van der Waals surface area (Å²) in [5, 5.41) is 4.11. The summed E-state index contributed by atoms with van der Waals surface area (Å²) in [4.78, 5) is 0. The first-order valence-electron chi connectivity index (χ1n) is 10.6. The van der Waals surface area contributed by atoms with Gasteiger partial charge in [0, 0.05) is 6.54 Å². The Morgan fingerprint density at radius 3 is 2.36 bits per heavy atom. The highest BCUT2D eigenvalue weighted by Crippen LogP contribution is 2.37. The molecule has 0 heterocycles. The predicted octanol–water partition coefficient (Wildman–Crippen LogP) is 6.77. The largest absolute Gasteiger partial charge is 0.490 e. The zero-order chi connectivity index (χ0) is 20.0. The zero-order valence-corrected chi connectivity index (χ0v) is 18.1. The van der Waals surface area contributed by atoms with Crippen molar-refractivity contribution in [3.63, 3.8) is 0 Å². The van der Waals surface area contributed by atoms with Crippen LogP contribution in [-0.2, 0) is 13.2 Å². The minimum Gasteiger partial charge on any atom is -0.490 e. The van der Waals surface area contributed by atoms with E-state index in [-0.39, 0.29) is 0 Å². The first-order chi connectivity index (χ1) is 13.7. The highest BCUT2D eigenvalue weighted by molar-refractivity contribution is 6.32. The first kappa shape index (κ1) is 22.6. The number of hydrogen-bond donors (Lipinski definition) is 1. The van der Waals surface area contributed by atoms with E-state index in [1.807, 2.05) is 49.4 Å². The molecule has 2 aromatic carbocycles. The Kier molecular flexibility index (Phi) is 10.9. The fraction of sp³-hybridized carbons (Fsp3) is 0.500. The number of nitrogens with one attached hydrogen (secondary N) is 1. The molecule has 0 saturated carbocycles. The van der Waals surface area contributed by atoms with E-state index < -0.39 is 0 Å². The van der Waals surface area contributed by atoms with Crippen LogP contribution in [0.15, 0.2) is 42.5 Å². The number of ether oxygens (including phenoxy) is 2. The lowest BCUT2D eigenvalue weighted by molar-refractivity contribution is 0.269. The van der Waals surface area contributed by atoms with E-state index >= 15 is 0 Å². The molecule has 4 heteroatoms. The molecular weight excluding hydrogens is 370 g/mol. The second-order valence-corrected chi connectivity index (χ2v) is 7.46. The van der Waals surface area contributed by atoms with Crippen LogP contribution in [0, 0.1) is 0 Å². The maximum Gasteiger partial charge on any atom is 0.180 e. The third-order valence-electron chi connectivity index (χ3n) is 4.63. The van der Waals surface area contributed by atoms with Gasteiger partial charge in [-0.3, -0.25) is 0 Å². The number of hydrogen-bond acceptors (Lipinski definition) is 3. The van der Waals surface area contributed by atoms with Gasteiger partial charge in [-0.2, -0.15) is 0 Å². The van der Waals surface area contributed by atoms with Crippen molar-refractivity contribution in [2.45, 2.75) is 65.5 Å². The number of unbranched alkanes of at least 4 members (excludes halogenated alkanes) is 5. The highest BCUT2D eigenvalue weighted by atomic mass is 35.5. The lowest BCUT2D eigenvalue weighted by Crippen LogP contribution is -2.15. The van der Waals surface area contributed by atoms with Crippen LogP contribution < -0.4 is 14.8 Å². The van der Waals surface area contributed by atoms with Crippen molar-refractivity contribution in [3.8, 4) is 11.5 Å².